The highest BCUT2D eigenvalue weighted by Gasteiger charge is 2.32. The molecule has 172 valence electrons. The van der Waals surface area contributed by atoms with Crippen LogP contribution in [0.5, 0.6) is 0 Å². The van der Waals surface area contributed by atoms with Crippen molar-refractivity contribution in [2.24, 2.45) is 0 Å². The molecule has 1 amide bonds. The van der Waals surface area contributed by atoms with Gasteiger partial charge in [-0.15, -0.1) is 0 Å². The molecule has 0 fully saturated rings. The molecule has 0 aliphatic rings. The first kappa shape index (κ1) is 25.1. The van der Waals surface area contributed by atoms with Gasteiger partial charge in [-0.25, -0.2) is 18.0 Å². The predicted octanol–water partition coefficient (Wildman–Crippen LogP) is 4.72. The van der Waals surface area contributed by atoms with Crippen LogP contribution >= 0.6 is 0 Å². The summed E-state index contributed by atoms with van der Waals surface area (Å²) in [6.45, 7) is 6.75. The average molecular weight is 460 g/mol. The molecule has 0 heterocycles. The van der Waals surface area contributed by atoms with Crippen LogP contribution < -0.4 is 0 Å². The Morgan fingerprint density at radius 3 is 2.19 bits per heavy atom. The molecule has 32 heavy (non-hydrogen) atoms. The Bertz CT molecular complexity index is 1040. The summed E-state index contributed by atoms with van der Waals surface area (Å²) in [6.07, 6.45) is 2.59. The lowest BCUT2D eigenvalue weighted by atomic mass is 10.2. The fourth-order valence-corrected chi connectivity index (χ4v) is 3.84. The first-order chi connectivity index (χ1) is 15.0. The van der Waals surface area contributed by atoms with Crippen LogP contribution in [-0.2, 0) is 19.5 Å². The molecule has 0 saturated carbocycles. The summed E-state index contributed by atoms with van der Waals surface area (Å²) >= 11 is 0. The number of sulfonamides is 1. The summed E-state index contributed by atoms with van der Waals surface area (Å²) in [5, 5.41) is 0. The zero-order chi connectivity index (χ0) is 23.8. The highest BCUT2D eigenvalue weighted by atomic mass is 32.2. The van der Waals surface area contributed by atoms with E-state index in [2.05, 4.69) is 0 Å². The van der Waals surface area contributed by atoms with Gasteiger partial charge in [0.1, 0.15) is 5.60 Å². The maximum atomic E-state index is 13.1. The molecule has 0 aliphatic heterocycles. The van der Waals surface area contributed by atoms with Gasteiger partial charge in [0.25, 0.3) is 10.0 Å². The molecule has 8 heteroatoms. The number of nitrogens with zero attached hydrogens (tertiary/aromatic N) is 1. The third kappa shape index (κ3) is 7.53. The Morgan fingerprint density at radius 2 is 1.59 bits per heavy atom. The van der Waals surface area contributed by atoms with E-state index in [1.165, 1.54) is 18.2 Å². The van der Waals surface area contributed by atoms with Crippen LogP contribution in [0.4, 0.5) is 4.79 Å². The second kappa shape index (κ2) is 10.9. The maximum Gasteiger partial charge on any atom is 0.424 e. The van der Waals surface area contributed by atoms with Gasteiger partial charge in [0, 0.05) is 0 Å². The van der Waals surface area contributed by atoms with E-state index in [1.54, 1.807) is 69.3 Å². The van der Waals surface area contributed by atoms with Crippen molar-refractivity contribution >= 4 is 22.1 Å². The minimum Gasteiger partial charge on any atom is -0.462 e. The minimum absolute atomic E-state index is 0.000787. The fourth-order valence-electron chi connectivity index (χ4n) is 2.59. The quantitative estimate of drug-likeness (QED) is 0.322. The van der Waals surface area contributed by atoms with Crippen LogP contribution in [0.25, 0.3) is 0 Å². The lowest BCUT2D eigenvalue weighted by molar-refractivity contribution is 0.0403. The standard InChI is InChI=1S/C24H29NO6S/c1-19-13-15-21(16-14-19)32(28,29)25(23(27)31-24(2,3)4)17-9-6-10-18-30-22(26)20-11-7-5-8-12-20/h5-9,11-16H,10,17-18H2,1-4H3/b9-6+. The van der Waals surface area contributed by atoms with Crippen molar-refractivity contribution in [2.45, 2.75) is 44.6 Å². The third-order valence-corrected chi connectivity index (χ3v) is 5.92. The molecule has 2 aromatic carbocycles. The zero-order valence-corrected chi connectivity index (χ0v) is 19.6. The second-order valence-electron chi connectivity index (χ2n) is 8.09. The van der Waals surface area contributed by atoms with Crippen LogP contribution in [-0.4, -0.2) is 43.5 Å². The number of amides is 1. The number of benzene rings is 2. The van der Waals surface area contributed by atoms with Crippen molar-refractivity contribution in [1.82, 2.24) is 4.31 Å². The molecule has 0 radical (unpaired) electrons. The molecule has 0 bridgehead atoms. The van der Waals surface area contributed by atoms with Gasteiger partial charge in [0.2, 0.25) is 0 Å². The van der Waals surface area contributed by atoms with Crippen molar-refractivity contribution in [1.29, 1.82) is 0 Å². The number of aryl methyl sites for hydroxylation is 1. The number of rotatable bonds is 8. The molecule has 0 unspecified atom stereocenters. The monoisotopic (exact) mass is 459 g/mol. The van der Waals surface area contributed by atoms with Crippen molar-refractivity contribution in [3.05, 3.63) is 77.9 Å². The Balaban J connectivity index is 2.04. The van der Waals surface area contributed by atoms with E-state index in [-0.39, 0.29) is 18.0 Å². The summed E-state index contributed by atoms with van der Waals surface area (Å²) in [5.41, 5.74) is 0.502. The molecule has 0 aromatic heterocycles. The predicted molar refractivity (Wildman–Crippen MR) is 122 cm³/mol. The van der Waals surface area contributed by atoms with E-state index in [4.69, 9.17) is 9.47 Å². The van der Waals surface area contributed by atoms with Gasteiger partial charge >= 0.3 is 12.1 Å². The summed E-state index contributed by atoms with van der Waals surface area (Å²) in [7, 11) is -4.11. The van der Waals surface area contributed by atoms with Crippen molar-refractivity contribution < 1.29 is 27.5 Å². The second-order valence-corrected chi connectivity index (χ2v) is 9.95. The van der Waals surface area contributed by atoms with E-state index >= 15 is 0 Å². The molecule has 0 spiro atoms. The molecule has 0 atom stereocenters. The Hall–Kier alpha value is -3.13. The van der Waals surface area contributed by atoms with Gasteiger partial charge in [-0.2, -0.15) is 4.31 Å². The van der Waals surface area contributed by atoms with Crippen LogP contribution in [0, 0.1) is 6.92 Å². The van der Waals surface area contributed by atoms with Gasteiger partial charge in [0.15, 0.2) is 0 Å². The van der Waals surface area contributed by atoms with E-state index in [9.17, 15) is 18.0 Å². The summed E-state index contributed by atoms with van der Waals surface area (Å²) < 4.78 is 37.3. The maximum absolute atomic E-state index is 13.1. The number of esters is 1. The van der Waals surface area contributed by atoms with Crippen LogP contribution in [0.15, 0.2) is 71.6 Å². The van der Waals surface area contributed by atoms with Crippen molar-refractivity contribution in [2.75, 3.05) is 13.2 Å². The first-order valence-corrected chi connectivity index (χ1v) is 11.6. The SMILES string of the molecule is Cc1ccc(S(=O)(=O)N(C/C=C/CCOC(=O)c2ccccc2)C(=O)OC(C)(C)C)cc1. The van der Waals surface area contributed by atoms with Gasteiger partial charge < -0.3 is 9.47 Å². The molecule has 2 rings (SSSR count). The van der Waals surface area contributed by atoms with E-state index < -0.39 is 27.7 Å². The highest BCUT2D eigenvalue weighted by molar-refractivity contribution is 7.89. The van der Waals surface area contributed by atoms with Crippen molar-refractivity contribution in [3.63, 3.8) is 0 Å². The van der Waals surface area contributed by atoms with Crippen LogP contribution in [0.2, 0.25) is 0 Å². The highest BCUT2D eigenvalue weighted by Crippen LogP contribution is 2.20. The molecule has 2 aromatic rings. The molecule has 0 aliphatic carbocycles. The number of hydrogen-bond acceptors (Lipinski definition) is 6. The number of carbonyl (C=O) groups is 2. The topological polar surface area (TPSA) is 90.0 Å². The van der Waals surface area contributed by atoms with E-state index in [0.29, 0.717) is 16.3 Å². The summed E-state index contributed by atoms with van der Waals surface area (Å²) in [4.78, 5) is 24.6. The largest absolute Gasteiger partial charge is 0.462 e. The number of carbonyl (C=O) groups excluding carboxylic acids is 2. The molecule has 7 nitrogen and oxygen atoms in total. The minimum atomic E-state index is -4.11. The average Bonchev–Trinajstić information content (AvgIpc) is 2.72. The van der Waals surface area contributed by atoms with E-state index in [1.807, 2.05) is 6.92 Å². The molecule has 0 N–H and O–H groups in total. The van der Waals surface area contributed by atoms with Gasteiger partial charge in [-0.3, -0.25) is 0 Å². The molecular formula is C24H29NO6S. The van der Waals surface area contributed by atoms with Gasteiger partial charge in [0.05, 0.1) is 23.6 Å². The molecular weight excluding hydrogens is 430 g/mol. The molecule has 0 saturated heterocycles. The third-order valence-electron chi connectivity index (χ3n) is 4.17. The van der Waals surface area contributed by atoms with E-state index in [0.717, 1.165) is 5.56 Å². The lowest BCUT2D eigenvalue weighted by Crippen LogP contribution is -2.40. The van der Waals surface area contributed by atoms with Crippen LogP contribution in [0.3, 0.4) is 0 Å². The Labute approximate surface area is 189 Å². The smallest absolute Gasteiger partial charge is 0.424 e. The summed E-state index contributed by atoms with van der Waals surface area (Å²) in [5.74, 6) is -0.434. The van der Waals surface area contributed by atoms with Gasteiger partial charge in [-0.1, -0.05) is 48.0 Å². The van der Waals surface area contributed by atoms with Crippen LogP contribution in [0.1, 0.15) is 43.1 Å². The fraction of sp³-hybridized carbons (Fsp3) is 0.333. The first-order valence-electron chi connectivity index (χ1n) is 10.2. The Kier molecular flexibility index (Phi) is 8.60. The van der Waals surface area contributed by atoms with Gasteiger partial charge in [-0.05, 0) is 58.4 Å². The zero-order valence-electron chi connectivity index (χ0n) is 18.8. The normalized spacial score (nSPS) is 11.9. The lowest BCUT2D eigenvalue weighted by Gasteiger charge is -2.26. The Morgan fingerprint density at radius 1 is 0.969 bits per heavy atom. The summed E-state index contributed by atoms with van der Waals surface area (Å²) in [6, 6.07) is 14.9. The van der Waals surface area contributed by atoms with Crippen molar-refractivity contribution in [3.8, 4) is 0 Å². The number of hydrogen-bond donors (Lipinski definition) is 0. The number of ether oxygens (including phenoxy) is 2.